The molecule has 0 amide bonds. The Morgan fingerprint density at radius 1 is 1.09 bits per heavy atom. The van der Waals surface area contributed by atoms with Crippen molar-refractivity contribution in [3.63, 3.8) is 0 Å². The lowest BCUT2D eigenvalue weighted by molar-refractivity contribution is 0.368. The molecule has 0 aromatic heterocycles. The van der Waals surface area contributed by atoms with Crippen LogP contribution in [0.2, 0.25) is 0 Å². The maximum Gasteiger partial charge on any atom is 0.673 e. The number of halogens is 4. The summed E-state index contributed by atoms with van der Waals surface area (Å²) in [5.41, 5.74) is 5.21. The van der Waals surface area contributed by atoms with Crippen molar-refractivity contribution in [2.45, 2.75) is 26.2 Å². The molecule has 11 heavy (non-hydrogen) atoms. The second-order valence-electron chi connectivity index (χ2n) is 1.99. The highest BCUT2D eigenvalue weighted by atomic mass is 19.5. The third-order valence-corrected chi connectivity index (χ3v) is 0.808. The average Bonchev–Trinajstić information content (AvgIpc) is 1.79. The summed E-state index contributed by atoms with van der Waals surface area (Å²) in [7, 11) is -6.00. The molecule has 0 heterocycles. The molecule has 0 saturated heterocycles. The zero-order valence-corrected chi connectivity index (χ0v) is 6.49. The standard InChI is InChI=1S/C5H13N.BF4/c1-2-3-4-5-6;2-1(3,4)5/h2-6H2,1H3;/q;-1. The Morgan fingerprint density at radius 3 is 1.55 bits per heavy atom. The summed E-state index contributed by atoms with van der Waals surface area (Å²) >= 11 is 0. The van der Waals surface area contributed by atoms with Crippen molar-refractivity contribution >= 4 is 7.25 Å². The van der Waals surface area contributed by atoms with E-state index >= 15 is 0 Å². The number of unbranched alkanes of at least 4 members (excludes halogenated alkanes) is 2. The monoisotopic (exact) mass is 174 g/mol. The molecule has 0 aliphatic rings. The van der Waals surface area contributed by atoms with Crippen molar-refractivity contribution in [1.29, 1.82) is 0 Å². The van der Waals surface area contributed by atoms with Gasteiger partial charge >= 0.3 is 7.25 Å². The molecule has 0 aromatic rings. The largest absolute Gasteiger partial charge is 0.673 e. The molecule has 0 rings (SSSR count). The molecule has 0 bridgehead atoms. The molecule has 0 fully saturated rings. The summed E-state index contributed by atoms with van der Waals surface area (Å²) in [6.45, 7) is 3.03. The van der Waals surface area contributed by atoms with Gasteiger partial charge in [-0.3, -0.25) is 0 Å². The first-order valence-electron chi connectivity index (χ1n) is 3.49. The summed E-state index contributed by atoms with van der Waals surface area (Å²) in [5, 5.41) is 0. The van der Waals surface area contributed by atoms with Gasteiger partial charge in [0.05, 0.1) is 0 Å². The lowest BCUT2D eigenvalue weighted by atomic mass is 10.3. The number of hydrogen-bond acceptors (Lipinski definition) is 1. The topological polar surface area (TPSA) is 26.0 Å². The fourth-order valence-corrected chi connectivity index (χ4v) is 0.394. The van der Waals surface area contributed by atoms with Gasteiger partial charge in [0.15, 0.2) is 0 Å². The fraction of sp³-hybridized carbons (Fsp3) is 1.00. The van der Waals surface area contributed by atoms with Gasteiger partial charge in [0.1, 0.15) is 0 Å². The highest BCUT2D eigenvalue weighted by Crippen LogP contribution is 2.06. The van der Waals surface area contributed by atoms with Crippen molar-refractivity contribution in [1.82, 2.24) is 0 Å². The first-order valence-corrected chi connectivity index (χ1v) is 3.49. The third kappa shape index (κ3) is 77.6. The van der Waals surface area contributed by atoms with E-state index in [4.69, 9.17) is 5.73 Å². The van der Waals surface area contributed by atoms with Crippen LogP contribution in [0.3, 0.4) is 0 Å². The predicted octanol–water partition coefficient (Wildman–Crippen LogP) is 2.44. The minimum atomic E-state index is -6.00. The minimum absolute atomic E-state index is 0.855. The van der Waals surface area contributed by atoms with Gasteiger partial charge in [-0.1, -0.05) is 19.8 Å². The molecular weight excluding hydrogens is 161 g/mol. The minimum Gasteiger partial charge on any atom is -0.418 e. The zero-order valence-electron chi connectivity index (χ0n) is 6.49. The van der Waals surface area contributed by atoms with E-state index in [0.29, 0.717) is 0 Å². The molecule has 0 saturated carbocycles. The van der Waals surface area contributed by atoms with Gasteiger partial charge in [0, 0.05) is 0 Å². The third-order valence-electron chi connectivity index (χ3n) is 0.808. The Labute approximate surface area is 64.1 Å². The summed E-state index contributed by atoms with van der Waals surface area (Å²) in [4.78, 5) is 0. The van der Waals surface area contributed by atoms with Crippen LogP contribution in [0.1, 0.15) is 26.2 Å². The van der Waals surface area contributed by atoms with Crippen molar-refractivity contribution in [3.8, 4) is 0 Å². The first-order chi connectivity index (χ1) is 4.91. The molecule has 70 valence electrons. The van der Waals surface area contributed by atoms with Gasteiger partial charge in [-0.25, -0.2) is 0 Å². The maximum absolute atomic E-state index is 9.75. The van der Waals surface area contributed by atoms with E-state index in [9.17, 15) is 17.3 Å². The molecule has 6 heteroatoms. The van der Waals surface area contributed by atoms with E-state index in [1.165, 1.54) is 19.3 Å². The quantitative estimate of drug-likeness (QED) is 0.396. The molecule has 0 radical (unpaired) electrons. The van der Waals surface area contributed by atoms with Crippen LogP contribution in [0, 0.1) is 0 Å². The highest BCUT2D eigenvalue weighted by Gasteiger charge is 2.20. The zero-order chi connectivity index (χ0) is 9.33. The molecule has 0 aromatic carbocycles. The highest BCUT2D eigenvalue weighted by molar-refractivity contribution is 6.50. The normalized spacial score (nSPS) is 10.4. The SMILES string of the molecule is CCCCCN.F[B-](F)(F)F. The molecule has 1 nitrogen and oxygen atoms in total. The summed E-state index contributed by atoms with van der Waals surface area (Å²) < 4.78 is 39.0. The van der Waals surface area contributed by atoms with Crippen LogP contribution < -0.4 is 5.73 Å². The fourth-order valence-electron chi connectivity index (χ4n) is 0.394. The molecule has 0 spiro atoms. The Balaban J connectivity index is 0. The number of rotatable bonds is 3. The van der Waals surface area contributed by atoms with E-state index in [1.54, 1.807) is 0 Å². The predicted molar refractivity (Wildman–Crippen MR) is 38.8 cm³/mol. The van der Waals surface area contributed by atoms with Crippen LogP contribution in [0.25, 0.3) is 0 Å². The molecule has 0 aliphatic heterocycles. The molecular formula is C5H13BF4N-. The Bertz CT molecular complexity index is 65.4. The van der Waals surface area contributed by atoms with Gasteiger partial charge < -0.3 is 23.0 Å². The molecule has 0 unspecified atom stereocenters. The Morgan fingerprint density at radius 2 is 1.45 bits per heavy atom. The lowest BCUT2D eigenvalue weighted by Crippen LogP contribution is -2.02. The van der Waals surface area contributed by atoms with Crippen LogP contribution in [0.15, 0.2) is 0 Å². The van der Waals surface area contributed by atoms with Crippen LogP contribution in [-0.4, -0.2) is 13.8 Å². The van der Waals surface area contributed by atoms with Gasteiger partial charge in [-0.2, -0.15) is 0 Å². The second kappa shape index (κ2) is 7.85. The average molecular weight is 174 g/mol. The van der Waals surface area contributed by atoms with E-state index in [2.05, 4.69) is 6.92 Å². The number of nitrogens with two attached hydrogens (primary N) is 1. The van der Waals surface area contributed by atoms with Gasteiger partial charge in [-0.05, 0) is 13.0 Å². The van der Waals surface area contributed by atoms with E-state index in [1.807, 2.05) is 0 Å². The van der Waals surface area contributed by atoms with Crippen LogP contribution in [0.4, 0.5) is 17.3 Å². The van der Waals surface area contributed by atoms with Crippen molar-refractivity contribution in [2.75, 3.05) is 6.54 Å². The Kier molecular flexibility index (Phi) is 9.52. The molecule has 0 aliphatic carbocycles. The smallest absolute Gasteiger partial charge is 0.418 e. The van der Waals surface area contributed by atoms with E-state index < -0.39 is 7.25 Å². The molecule has 0 atom stereocenters. The Hall–Kier alpha value is -0.255. The first kappa shape index (κ1) is 13.3. The van der Waals surface area contributed by atoms with Crippen LogP contribution in [-0.2, 0) is 0 Å². The van der Waals surface area contributed by atoms with Gasteiger partial charge in [-0.15, -0.1) is 0 Å². The van der Waals surface area contributed by atoms with Crippen LogP contribution >= 0.6 is 0 Å². The molecule has 2 N–H and O–H groups in total. The van der Waals surface area contributed by atoms with Gasteiger partial charge in [0.25, 0.3) is 0 Å². The van der Waals surface area contributed by atoms with Crippen LogP contribution in [0.5, 0.6) is 0 Å². The van der Waals surface area contributed by atoms with Gasteiger partial charge in [0.2, 0.25) is 0 Å². The summed E-state index contributed by atoms with van der Waals surface area (Å²) in [6.07, 6.45) is 3.75. The van der Waals surface area contributed by atoms with E-state index in [-0.39, 0.29) is 0 Å². The van der Waals surface area contributed by atoms with Crippen molar-refractivity contribution < 1.29 is 17.3 Å². The second-order valence-corrected chi connectivity index (χ2v) is 1.99. The number of hydrogen-bond donors (Lipinski definition) is 1. The maximum atomic E-state index is 9.75. The van der Waals surface area contributed by atoms with Crippen molar-refractivity contribution in [3.05, 3.63) is 0 Å². The summed E-state index contributed by atoms with van der Waals surface area (Å²) in [5.74, 6) is 0. The summed E-state index contributed by atoms with van der Waals surface area (Å²) in [6, 6.07) is 0. The van der Waals surface area contributed by atoms with E-state index in [0.717, 1.165) is 6.54 Å². The lowest BCUT2D eigenvalue weighted by Gasteiger charge is -1.94. The van der Waals surface area contributed by atoms with Crippen molar-refractivity contribution in [2.24, 2.45) is 5.73 Å².